The highest BCUT2D eigenvalue weighted by Gasteiger charge is 2.35. The minimum absolute atomic E-state index is 0.143. The lowest BCUT2D eigenvalue weighted by atomic mass is 10.1. The Hall–Kier alpha value is -2.80. The van der Waals surface area contributed by atoms with Gasteiger partial charge in [-0.2, -0.15) is 0 Å². The summed E-state index contributed by atoms with van der Waals surface area (Å²) in [5.74, 6) is -0.718. The second-order valence-corrected chi connectivity index (χ2v) is 6.63. The van der Waals surface area contributed by atoms with Crippen LogP contribution in [0.5, 0.6) is 11.5 Å². The molecular formula is C19H16ClFN2O4. The van der Waals surface area contributed by atoms with Crippen LogP contribution in [0.3, 0.4) is 0 Å². The van der Waals surface area contributed by atoms with E-state index in [0.29, 0.717) is 49.1 Å². The number of benzene rings is 2. The molecule has 6 nitrogen and oxygen atoms in total. The zero-order valence-corrected chi connectivity index (χ0v) is 15.0. The van der Waals surface area contributed by atoms with Crippen molar-refractivity contribution in [3.05, 3.63) is 52.8 Å². The van der Waals surface area contributed by atoms with Crippen LogP contribution in [-0.4, -0.2) is 43.0 Å². The zero-order chi connectivity index (χ0) is 19.0. The summed E-state index contributed by atoms with van der Waals surface area (Å²) in [7, 11) is 0. The lowest BCUT2D eigenvalue weighted by molar-refractivity contribution is -0.146. The molecule has 2 aromatic rings. The summed E-state index contributed by atoms with van der Waals surface area (Å²) in [5.41, 5.74) is 1.10. The number of piperazine rings is 1. The maximum absolute atomic E-state index is 13.2. The average molecular weight is 391 g/mol. The number of amides is 2. The molecule has 8 heteroatoms. The number of halogens is 2. The molecule has 2 heterocycles. The summed E-state index contributed by atoms with van der Waals surface area (Å²) in [6.45, 7) is 1.60. The number of hydrogen-bond donors (Lipinski definition) is 0. The van der Waals surface area contributed by atoms with Crippen LogP contribution in [0.25, 0.3) is 0 Å². The Morgan fingerprint density at radius 1 is 1.04 bits per heavy atom. The molecule has 2 aliphatic heterocycles. The molecule has 0 radical (unpaired) electrons. The molecule has 2 amide bonds. The molecule has 2 aliphatic rings. The van der Waals surface area contributed by atoms with Crippen molar-refractivity contribution in [3.63, 3.8) is 0 Å². The first-order chi connectivity index (χ1) is 13.0. The van der Waals surface area contributed by atoms with Crippen LogP contribution in [-0.2, 0) is 16.1 Å². The molecule has 0 spiro atoms. The van der Waals surface area contributed by atoms with Crippen molar-refractivity contribution in [3.8, 4) is 11.5 Å². The molecule has 4 rings (SSSR count). The van der Waals surface area contributed by atoms with Gasteiger partial charge in [-0.3, -0.25) is 14.5 Å². The van der Waals surface area contributed by atoms with Gasteiger partial charge >= 0.3 is 11.8 Å². The van der Waals surface area contributed by atoms with Gasteiger partial charge in [-0.1, -0.05) is 23.7 Å². The van der Waals surface area contributed by atoms with Crippen molar-refractivity contribution in [1.29, 1.82) is 0 Å². The fourth-order valence-corrected chi connectivity index (χ4v) is 3.41. The summed E-state index contributed by atoms with van der Waals surface area (Å²) < 4.78 is 24.4. The van der Waals surface area contributed by atoms with Crippen LogP contribution < -0.4 is 14.4 Å². The minimum atomic E-state index is -0.651. The third-order valence-electron chi connectivity index (χ3n) is 4.52. The molecular weight excluding hydrogens is 375 g/mol. The van der Waals surface area contributed by atoms with E-state index in [1.807, 2.05) is 0 Å². The second-order valence-electron chi connectivity index (χ2n) is 6.22. The third kappa shape index (κ3) is 3.30. The van der Waals surface area contributed by atoms with E-state index >= 15 is 0 Å². The molecule has 2 aromatic carbocycles. The van der Waals surface area contributed by atoms with Gasteiger partial charge in [0.15, 0.2) is 11.5 Å². The monoisotopic (exact) mass is 390 g/mol. The largest absolute Gasteiger partial charge is 0.486 e. The molecule has 0 N–H and O–H groups in total. The van der Waals surface area contributed by atoms with E-state index in [1.165, 1.54) is 28.0 Å². The van der Waals surface area contributed by atoms with Crippen molar-refractivity contribution in [2.75, 3.05) is 31.2 Å². The van der Waals surface area contributed by atoms with Gasteiger partial charge in [-0.25, -0.2) is 4.39 Å². The van der Waals surface area contributed by atoms with Gasteiger partial charge in [0, 0.05) is 24.7 Å². The van der Waals surface area contributed by atoms with Crippen molar-refractivity contribution in [1.82, 2.24) is 4.90 Å². The highest BCUT2D eigenvalue weighted by atomic mass is 35.5. The smallest absolute Gasteiger partial charge is 0.316 e. The van der Waals surface area contributed by atoms with E-state index in [-0.39, 0.29) is 11.6 Å². The van der Waals surface area contributed by atoms with Gasteiger partial charge in [0.25, 0.3) is 0 Å². The molecule has 0 saturated carbocycles. The van der Waals surface area contributed by atoms with E-state index < -0.39 is 17.6 Å². The standard InChI is InChI=1S/C19H16ClFN2O4/c20-14-10-13(21)5-4-12(14)11-22-6-7-23(19(25)18(22)24)15-2-1-3-16-17(15)27-9-8-26-16/h1-5,10H,6-9,11H2. The lowest BCUT2D eigenvalue weighted by Gasteiger charge is -2.35. The summed E-state index contributed by atoms with van der Waals surface area (Å²) in [6, 6.07) is 9.22. The molecule has 140 valence electrons. The molecule has 0 atom stereocenters. The summed E-state index contributed by atoms with van der Waals surface area (Å²) in [6.07, 6.45) is 0. The quantitative estimate of drug-likeness (QED) is 0.756. The van der Waals surface area contributed by atoms with Crippen molar-refractivity contribution in [2.45, 2.75) is 6.54 Å². The highest BCUT2D eigenvalue weighted by molar-refractivity contribution is 6.41. The van der Waals surface area contributed by atoms with Crippen LogP contribution in [0.2, 0.25) is 5.02 Å². The third-order valence-corrected chi connectivity index (χ3v) is 4.87. The molecule has 1 fully saturated rings. The molecule has 0 aromatic heterocycles. The number of anilines is 1. The number of rotatable bonds is 3. The van der Waals surface area contributed by atoms with Gasteiger partial charge in [-0.05, 0) is 29.8 Å². The van der Waals surface area contributed by atoms with Crippen molar-refractivity contribution < 1.29 is 23.5 Å². The molecule has 27 heavy (non-hydrogen) atoms. The SMILES string of the molecule is O=C1C(=O)N(c2cccc3c2OCCO3)CCN1Cc1ccc(F)cc1Cl. The van der Waals surface area contributed by atoms with Crippen molar-refractivity contribution in [2.24, 2.45) is 0 Å². The van der Waals surface area contributed by atoms with E-state index in [9.17, 15) is 14.0 Å². The molecule has 0 aliphatic carbocycles. The normalized spacial score (nSPS) is 16.7. The van der Waals surface area contributed by atoms with E-state index in [2.05, 4.69) is 0 Å². The Kier molecular flexibility index (Phi) is 4.61. The van der Waals surface area contributed by atoms with E-state index in [1.54, 1.807) is 18.2 Å². The number of hydrogen-bond acceptors (Lipinski definition) is 4. The minimum Gasteiger partial charge on any atom is -0.486 e. The summed E-state index contributed by atoms with van der Waals surface area (Å²) in [4.78, 5) is 28.1. The Morgan fingerprint density at radius 2 is 1.85 bits per heavy atom. The van der Waals surface area contributed by atoms with Crippen LogP contribution in [0.4, 0.5) is 10.1 Å². The first-order valence-electron chi connectivity index (χ1n) is 8.48. The first-order valence-corrected chi connectivity index (χ1v) is 8.85. The molecule has 0 bridgehead atoms. The number of carbonyl (C=O) groups is 2. The number of para-hydroxylation sites is 1. The maximum Gasteiger partial charge on any atom is 0.316 e. The zero-order valence-electron chi connectivity index (χ0n) is 14.3. The maximum atomic E-state index is 13.2. The number of ether oxygens (including phenoxy) is 2. The predicted octanol–water partition coefficient (Wildman–Crippen LogP) is 2.63. The van der Waals surface area contributed by atoms with Gasteiger partial charge in [0.2, 0.25) is 0 Å². The lowest BCUT2D eigenvalue weighted by Crippen LogP contribution is -2.54. The Balaban J connectivity index is 1.55. The van der Waals surface area contributed by atoms with Crippen molar-refractivity contribution >= 4 is 29.1 Å². The van der Waals surface area contributed by atoms with Gasteiger partial charge in [-0.15, -0.1) is 0 Å². The highest BCUT2D eigenvalue weighted by Crippen LogP contribution is 2.40. The molecule has 0 unspecified atom stereocenters. The molecule has 1 saturated heterocycles. The summed E-state index contributed by atoms with van der Waals surface area (Å²) in [5, 5.41) is 0.223. The first kappa shape index (κ1) is 17.6. The van der Waals surface area contributed by atoms with Crippen LogP contribution in [0, 0.1) is 5.82 Å². The van der Waals surface area contributed by atoms with Crippen LogP contribution >= 0.6 is 11.6 Å². The number of fused-ring (bicyclic) bond motifs is 1. The second kappa shape index (κ2) is 7.08. The Morgan fingerprint density at radius 3 is 2.67 bits per heavy atom. The Bertz CT molecular complexity index is 921. The van der Waals surface area contributed by atoms with Gasteiger partial charge in [0.1, 0.15) is 19.0 Å². The van der Waals surface area contributed by atoms with E-state index in [4.69, 9.17) is 21.1 Å². The fraction of sp³-hybridized carbons (Fsp3) is 0.263. The number of nitrogens with zero attached hydrogens (tertiary/aromatic N) is 2. The summed E-state index contributed by atoms with van der Waals surface area (Å²) >= 11 is 6.03. The van der Waals surface area contributed by atoms with Crippen LogP contribution in [0.1, 0.15) is 5.56 Å². The van der Waals surface area contributed by atoms with Gasteiger partial charge < -0.3 is 14.4 Å². The number of carbonyl (C=O) groups excluding carboxylic acids is 2. The Labute approximate surface area is 160 Å². The topological polar surface area (TPSA) is 59.1 Å². The van der Waals surface area contributed by atoms with Crippen LogP contribution in [0.15, 0.2) is 36.4 Å². The average Bonchev–Trinajstić information content (AvgIpc) is 2.67. The van der Waals surface area contributed by atoms with Gasteiger partial charge in [0.05, 0.1) is 5.69 Å². The predicted molar refractivity (Wildman–Crippen MR) is 96.6 cm³/mol. The fourth-order valence-electron chi connectivity index (χ4n) is 3.18. The van der Waals surface area contributed by atoms with E-state index in [0.717, 1.165) is 0 Å².